The molecule has 0 aromatic rings. The summed E-state index contributed by atoms with van der Waals surface area (Å²) in [7, 11) is 0. The minimum absolute atomic E-state index is 0.270. The van der Waals surface area contributed by atoms with E-state index in [1.165, 1.54) is 31.4 Å². The van der Waals surface area contributed by atoms with Gasteiger partial charge in [-0.2, -0.15) is 0 Å². The van der Waals surface area contributed by atoms with Crippen molar-refractivity contribution < 1.29 is 4.74 Å². The van der Waals surface area contributed by atoms with Gasteiger partial charge in [-0.1, -0.05) is 20.3 Å². The van der Waals surface area contributed by atoms with Crippen molar-refractivity contribution in [2.45, 2.75) is 45.1 Å². The minimum atomic E-state index is 0.270. The third-order valence-electron chi connectivity index (χ3n) is 3.10. The number of rotatable bonds is 0. The van der Waals surface area contributed by atoms with Gasteiger partial charge < -0.3 is 4.74 Å². The summed E-state index contributed by atoms with van der Waals surface area (Å²) in [4.78, 5) is 0. The monoisotopic (exact) mass is 186 g/mol. The zero-order valence-electron chi connectivity index (χ0n) is 8.06. The molecule has 1 aliphatic carbocycles. The van der Waals surface area contributed by atoms with Gasteiger partial charge in [0.15, 0.2) is 0 Å². The Balaban J connectivity index is 2.07. The highest BCUT2D eigenvalue weighted by atomic mass is 32.2. The molecule has 0 aromatic carbocycles. The Hall–Kier alpha value is 0.310. The van der Waals surface area contributed by atoms with Crippen molar-refractivity contribution in [3.05, 3.63) is 0 Å². The molecule has 0 radical (unpaired) electrons. The van der Waals surface area contributed by atoms with Crippen molar-refractivity contribution >= 4 is 11.8 Å². The molecular weight excluding hydrogens is 168 g/mol. The lowest BCUT2D eigenvalue weighted by molar-refractivity contribution is -0.0505. The minimum Gasteiger partial charge on any atom is -0.364 e. The SMILES string of the molecule is CC1(C)CCCC2(CSCO2)C1. The van der Waals surface area contributed by atoms with Crippen LogP contribution in [0.1, 0.15) is 39.5 Å². The van der Waals surface area contributed by atoms with E-state index in [2.05, 4.69) is 13.8 Å². The first-order valence-corrected chi connectivity index (χ1v) is 5.99. The fraction of sp³-hybridized carbons (Fsp3) is 1.00. The molecule has 2 rings (SSSR count). The molecule has 0 bridgehead atoms. The van der Waals surface area contributed by atoms with Gasteiger partial charge in [0, 0.05) is 5.75 Å². The van der Waals surface area contributed by atoms with E-state index in [0.717, 1.165) is 5.94 Å². The van der Waals surface area contributed by atoms with Gasteiger partial charge in [0.25, 0.3) is 0 Å². The summed E-state index contributed by atoms with van der Waals surface area (Å²) in [6.07, 6.45) is 5.30. The molecular formula is C10H18OS. The number of thioether (sulfide) groups is 1. The van der Waals surface area contributed by atoms with E-state index in [1.54, 1.807) is 0 Å². The van der Waals surface area contributed by atoms with Crippen LogP contribution in [0, 0.1) is 5.41 Å². The largest absolute Gasteiger partial charge is 0.364 e. The van der Waals surface area contributed by atoms with Crippen LogP contribution < -0.4 is 0 Å². The van der Waals surface area contributed by atoms with E-state index >= 15 is 0 Å². The average Bonchev–Trinajstić information content (AvgIpc) is 2.34. The van der Waals surface area contributed by atoms with Crippen molar-refractivity contribution in [1.29, 1.82) is 0 Å². The lowest BCUT2D eigenvalue weighted by Crippen LogP contribution is -2.40. The summed E-state index contributed by atoms with van der Waals surface area (Å²) in [6, 6.07) is 0. The van der Waals surface area contributed by atoms with E-state index in [1.807, 2.05) is 11.8 Å². The summed E-state index contributed by atoms with van der Waals surface area (Å²) in [6.45, 7) is 4.75. The molecule has 2 aliphatic rings. The molecule has 1 spiro atoms. The Kier molecular flexibility index (Phi) is 2.16. The van der Waals surface area contributed by atoms with Gasteiger partial charge in [-0.15, -0.1) is 11.8 Å². The summed E-state index contributed by atoms with van der Waals surface area (Å²) < 4.78 is 5.88. The van der Waals surface area contributed by atoms with Gasteiger partial charge in [0.05, 0.1) is 11.5 Å². The smallest absolute Gasteiger partial charge is 0.0929 e. The van der Waals surface area contributed by atoms with Gasteiger partial charge >= 0.3 is 0 Å². The molecule has 1 aliphatic heterocycles. The molecule has 2 fully saturated rings. The normalized spacial score (nSPS) is 40.5. The van der Waals surface area contributed by atoms with Gasteiger partial charge in [-0.05, 0) is 24.7 Å². The Labute approximate surface area is 79.2 Å². The number of hydrogen-bond donors (Lipinski definition) is 0. The first-order valence-electron chi connectivity index (χ1n) is 4.84. The lowest BCUT2D eigenvalue weighted by Gasteiger charge is -2.41. The van der Waals surface area contributed by atoms with E-state index in [-0.39, 0.29) is 5.60 Å². The molecule has 1 atom stereocenters. The highest BCUT2D eigenvalue weighted by molar-refractivity contribution is 7.99. The van der Waals surface area contributed by atoms with Gasteiger partial charge in [0.1, 0.15) is 0 Å². The van der Waals surface area contributed by atoms with Crippen LogP contribution in [-0.2, 0) is 4.74 Å². The zero-order chi connectivity index (χ0) is 8.66. The van der Waals surface area contributed by atoms with Crippen LogP contribution in [0.25, 0.3) is 0 Å². The zero-order valence-corrected chi connectivity index (χ0v) is 8.88. The highest BCUT2D eigenvalue weighted by Crippen LogP contribution is 2.47. The molecule has 12 heavy (non-hydrogen) atoms. The topological polar surface area (TPSA) is 9.23 Å². The van der Waals surface area contributed by atoms with Gasteiger partial charge in [0.2, 0.25) is 0 Å². The summed E-state index contributed by atoms with van der Waals surface area (Å²) in [5.41, 5.74) is 0.787. The molecule has 0 aromatic heterocycles. The van der Waals surface area contributed by atoms with Gasteiger partial charge in [-0.25, -0.2) is 0 Å². The van der Waals surface area contributed by atoms with Gasteiger partial charge in [-0.3, -0.25) is 0 Å². The quantitative estimate of drug-likeness (QED) is 0.575. The van der Waals surface area contributed by atoms with E-state index in [0.29, 0.717) is 5.41 Å². The fourth-order valence-electron chi connectivity index (χ4n) is 2.62. The Morgan fingerprint density at radius 1 is 1.25 bits per heavy atom. The summed E-state index contributed by atoms with van der Waals surface area (Å²) >= 11 is 1.96. The predicted molar refractivity (Wildman–Crippen MR) is 53.4 cm³/mol. The molecule has 0 N–H and O–H groups in total. The van der Waals surface area contributed by atoms with Crippen LogP contribution in [0.15, 0.2) is 0 Å². The van der Waals surface area contributed by atoms with Crippen LogP contribution in [0.2, 0.25) is 0 Å². The molecule has 2 heteroatoms. The summed E-state index contributed by atoms with van der Waals surface area (Å²) in [5, 5.41) is 0. The standard InChI is InChI=1S/C10H18OS/c1-9(2)4-3-5-10(6-9)7-12-8-11-10/h3-8H2,1-2H3. The maximum atomic E-state index is 5.88. The van der Waals surface area contributed by atoms with E-state index < -0.39 is 0 Å². The van der Waals surface area contributed by atoms with Crippen molar-refractivity contribution in [3.63, 3.8) is 0 Å². The number of hydrogen-bond acceptors (Lipinski definition) is 2. The average molecular weight is 186 g/mol. The molecule has 1 unspecified atom stereocenters. The molecule has 1 saturated heterocycles. The van der Waals surface area contributed by atoms with Crippen LogP contribution >= 0.6 is 11.8 Å². The second kappa shape index (κ2) is 2.91. The number of ether oxygens (including phenoxy) is 1. The van der Waals surface area contributed by atoms with Crippen LogP contribution in [-0.4, -0.2) is 17.3 Å². The maximum Gasteiger partial charge on any atom is 0.0929 e. The molecule has 1 saturated carbocycles. The van der Waals surface area contributed by atoms with E-state index in [9.17, 15) is 0 Å². The first kappa shape index (κ1) is 8.89. The second-order valence-electron chi connectivity index (χ2n) is 4.99. The first-order chi connectivity index (χ1) is 5.62. The summed E-state index contributed by atoms with van der Waals surface area (Å²) in [5.74, 6) is 2.16. The van der Waals surface area contributed by atoms with Crippen molar-refractivity contribution in [3.8, 4) is 0 Å². The van der Waals surface area contributed by atoms with Crippen molar-refractivity contribution in [2.24, 2.45) is 5.41 Å². The van der Waals surface area contributed by atoms with Crippen LogP contribution in [0.4, 0.5) is 0 Å². The van der Waals surface area contributed by atoms with E-state index in [4.69, 9.17) is 4.74 Å². The van der Waals surface area contributed by atoms with Crippen molar-refractivity contribution in [2.75, 3.05) is 11.7 Å². The lowest BCUT2D eigenvalue weighted by atomic mass is 9.70. The third-order valence-corrected chi connectivity index (χ3v) is 4.11. The molecule has 0 amide bonds. The molecule has 1 heterocycles. The maximum absolute atomic E-state index is 5.88. The van der Waals surface area contributed by atoms with Crippen LogP contribution in [0.5, 0.6) is 0 Å². The molecule has 70 valence electrons. The second-order valence-corrected chi connectivity index (χ2v) is 5.92. The Bertz CT molecular complexity index is 171. The predicted octanol–water partition coefficient (Wildman–Crippen LogP) is 3.05. The van der Waals surface area contributed by atoms with Crippen LogP contribution in [0.3, 0.4) is 0 Å². The van der Waals surface area contributed by atoms with Crippen molar-refractivity contribution in [1.82, 2.24) is 0 Å². The highest BCUT2D eigenvalue weighted by Gasteiger charge is 2.43. The Morgan fingerprint density at radius 2 is 2.08 bits per heavy atom. The fourth-order valence-corrected chi connectivity index (χ4v) is 3.74. The molecule has 1 nitrogen and oxygen atoms in total. The Morgan fingerprint density at radius 3 is 2.67 bits per heavy atom. The third kappa shape index (κ3) is 1.64.